The Morgan fingerprint density at radius 1 is 0.967 bits per heavy atom. The SMILES string of the molecule is Cc1ccc(C)c(NC(=O)CCC(=O)NNC(=O)C(C)Oc2ccc(Cl)cc2Cl)c1. The molecule has 0 bridgehead atoms. The lowest BCUT2D eigenvalue weighted by Gasteiger charge is -2.16. The molecule has 2 aromatic carbocycles. The summed E-state index contributed by atoms with van der Waals surface area (Å²) in [5, 5.41) is 3.49. The molecule has 0 saturated heterocycles. The second-order valence-corrected chi connectivity index (χ2v) is 7.58. The number of ether oxygens (including phenoxy) is 1. The van der Waals surface area contributed by atoms with Gasteiger partial charge >= 0.3 is 0 Å². The fourth-order valence-corrected chi connectivity index (χ4v) is 2.87. The molecular weight excluding hydrogens is 429 g/mol. The third-order valence-electron chi connectivity index (χ3n) is 4.14. The van der Waals surface area contributed by atoms with E-state index in [0.717, 1.165) is 11.1 Å². The highest BCUT2D eigenvalue weighted by Gasteiger charge is 2.17. The number of benzene rings is 2. The molecule has 0 fully saturated rings. The van der Waals surface area contributed by atoms with Crippen molar-refractivity contribution in [3.63, 3.8) is 0 Å². The van der Waals surface area contributed by atoms with Crippen molar-refractivity contribution < 1.29 is 19.1 Å². The number of hydrogen-bond donors (Lipinski definition) is 3. The van der Waals surface area contributed by atoms with Gasteiger partial charge in [-0.05, 0) is 56.2 Å². The zero-order chi connectivity index (χ0) is 22.3. The van der Waals surface area contributed by atoms with Gasteiger partial charge < -0.3 is 10.1 Å². The van der Waals surface area contributed by atoms with E-state index in [1.165, 1.54) is 13.0 Å². The second kappa shape index (κ2) is 10.8. The lowest BCUT2D eigenvalue weighted by molar-refractivity contribution is -0.133. The van der Waals surface area contributed by atoms with Crippen LogP contribution in [0.5, 0.6) is 5.75 Å². The molecule has 1 unspecified atom stereocenters. The summed E-state index contributed by atoms with van der Waals surface area (Å²) in [5.74, 6) is -1.08. The number of aryl methyl sites for hydroxylation is 2. The molecule has 0 radical (unpaired) electrons. The summed E-state index contributed by atoms with van der Waals surface area (Å²) in [4.78, 5) is 36.1. The largest absolute Gasteiger partial charge is 0.479 e. The van der Waals surface area contributed by atoms with Crippen molar-refractivity contribution in [1.82, 2.24) is 10.9 Å². The monoisotopic (exact) mass is 451 g/mol. The van der Waals surface area contributed by atoms with E-state index in [1.54, 1.807) is 12.1 Å². The predicted octanol–water partition coefficient (Wildman–Crippen LogP) is 3.94. The third kappa shape index (κ3) is 7.24. The van der Waals surface area contributed by atoms with Crippen molar-refractivity contribution in [2.24, 2.45) is 0 Å². The van der Waals surface area contributed by atoms with E-state index in [4.69, 9.17) is 27.9 Å². The van der Waals surface area contributed by atoms with Gasteiger partial charge in [0, 0.05) is 23.6 Å². The molecule has 30 heavy (non-hydrogen) atoms. The van der Waals surface area contributed by atoms with Crippen LogP contribution in [0.1, 0.15) is 30.9 Å². The van der Waals surface area contributed by atoms with Crippen LogP contribution in [0, 0.1) is 13.8 Å². The topological polar surface area (TPSA) is 96.5 Å². The molecule has 0 spiro atoms. The summed E-state index contributed by atoms with van der Waals surface area (Å²) < 4.78 is 5.46. The Kier molecular flexibility index (Phi) is 8.50. The van der Waals surface area contributed by atoms with E-state index in [2.05, 4.69) is 16.2 Å². The second-order valence-electron chi connectivity index (χ2n) is 6.74. The summed E-state index contributed by atoms with van der Waals surface area (Å²) in [6, 6.07) is 10.3. The Hall–Kier alpha value is -2.77. The minimum absolute atomic E-state index is 0.0263. The van der Waals surface area contributed by atoms with Crippen molar-refractivity contribution in [2.45, 2.75) is 39.7 Å². The van der Waals surface area contributed by atoms with Crippen molar-refractivity contribution in [2.75, 3.05) is 5.32 Å². The number of anilines is 1. The Labute approximate surface area is 185 Å². The third-order valence-corrected chi connectivity index (χ3v) is 4.67. The molecule has 9 heteroatoms. The maximum absolute atomic E-state index is 12.1. The summed E-state index contributed by atoms with van der Waals surface area (Å²) in [7, 11) is 0. The summed E-state index contributed by atoms with van der Waals surface area (Å²) >= 11 is 11.8. The summed E-state index contributed by atoms with van der Waals surface area (Å²) in [6.45, 7) is 5.32. The molecule has 0 aliphatic heterocycles. The van der Waals surface area contributed by atoms with Gasteiger partial charge in [0.1, 0.15) is 5.75 Å². The lowest BCUT2D eigenvalue weighted by atomic mass is 10.1. The zero-order valence-electron chi connectivity index (χ0n) is 16.8. The van der Waals surface area contributed by atoms with Gasteiger partial charge in [0.25, 0.3) is 5.91 Å². The molecule has 7 nitrogen and oxygen atoms in total. The van der Waals surface area contributed by atoms with E-state index in [-0.39, 0.29) is 29.5 Å². The predicted molar refractivity (Wildman–Crippen MR) is 117 cm³/mol. The standard InChI is InChI=1S/C21H23Cl2N3O4/c1-12-4-5-13(2)17(10-12)24-19(27)8-9-20(28)25-26-21(29)14(3)30-18-7-6-15(22)11-16(18)23/h4-7,10-11,14H,8-9H2,1-3H3,(H,24,27)(H,25,28)(H,26,29). The molecule has 0 aromatic heterocycles. The molecular formula is C21H23Cl2N3O4. The fourth-order valence-electron chi connectivity index (χ4n) is 2.42. The first-order valence-corrected chi connectivity index (χ1v) is 9.99. The highest BCUT2D eigenvalue weighted by atomic mass is 35.5. The van der Waals surface area contributed by atoms with Crippen LogP contribution in [0.25, 0.3) is 0 Å². The van der Waals surface area contributed by atoms with Crippen LogP contribution in [0.15, 0.2) is 36.4 Å². The number of hydrogen-bond acceptors (Lipinski definition) is 4. The number of hydrazine groups is 1. The first-order valence-electron chi connectivity index (χ1n) is 9.23. The molecule has 2 aromatic rings. The Balaban J connectivity index is 1.74. The Morgan fingerprint density at radius 2 is 1.67 bits per heavy atom. The van der Waals surface area contributed by atoms with Gasteiger partial charge in [-0.2, -0.15) is 0 Å². The fraction of sp³-hybridized carbons (Fsp3) is 0.286. The Morgan fingerprint density at radius 3 is 2.37 bits per heavy atom. The smallest absolute Gasteiger partial charge is 0.279 e. The van der Waals surface area contributed by atoms with Crippen LogP contribution in [0.4, 0.5) is 5.69 Å². The van der Waals surface area contributed by atoms with Gasteiger partial charge in [0.15, 0.2) is 6.10 Å². The van der Waals surface area contributed by atoms with Crippen LogP contribution in [-0.2, 0) is 14.4 Å². The number of carbonyl (C=O) groups is 3. The van der Waals surface area contributed by atoms with E-state index in [9.17, 15) is 14.4 Å². The van der Waals surface area contributed by atoms with E-state index >= 15 is 0 Å². The number of amides is 3. The van der Waals surface area contributed by atoms with Crippen LogP contribution in [0.3, 0.4) is 0 Å². The van der Waals surface area contributed by atoms with Crippen LogP contribution >= 0.6 is 23.2 Å². The van der Waals surface area contributed by atoms with Crippen molar-refractivity contribution >= 4 is 46.6 Å². The molecule has 3 N–H and O–H groups in total. The molecule has 1 atom stereocenters. The highest BCUT2D eigenvalue weighted by Crippen LogP contribution is 2.28. The van der Waals surface area contributed by atoms with Crippen molar-refractivity contribution in [3.8, 4) is 5.75 Å². The molecule has 0 aliphatic rings. The van der Waals surface area contributed by atoms with Gasteiger partial charge in [-0.1, -0.05) is 35.3 Å². The van der Waals surface area contributed by atoms with Crippen molar-refractivity contribution in [3.05, 3.63) is 57.6 Å². The molecule has 3 amide bonds. The van der Waals surface area contributed by atoms with Gasteiger partial charge in [-0.3, -0.25) is 25.2 Å². The highest BCUT2D eigenvalue weighted by molar-refractivity contribution is 6.35. The van der Waals surface area contributed by atoms with Crippen molar-refractivity contribution in [1.29, 1.82) is 0 Å². The van der Waals surface area contributed by atoms with E-state index in [0.29, 0.717) is 10.7 Å². The molecule has 0 aliphatic carbocycles. The average molecular weight is 452 g/mol. The average Bonchev–Trinajstić information content (AvgIpc) is 2.69. The number of halogens is 2. The quantitative estimate of drug-likeness (QED) is 0.555. The minimum atomic E-state index is -0.920. The normalized spacial score (nSPS) is 11.4. The maximum atomic E-state index is 12.1. The minimum Gasteiger partial charge on any atom is -0.479 e. The van der Waals surface area contributed by atoms with Gasteiger partial charge in [-0.15, -0.1) is 0 Å². The van der Waals surface area contributed by atoms with E-state index < -0.39 is 17.9 Å². The first-order chi connectivity index (χ1) is 14.2. The van der Waals surface area contributed by atoms with Gasteiger partial charge in [0.2, 0.25) is 11.8 Å². The maximum Gasteiger partial charge on any atom is 0.279 e. The number of nitrogens with one attached hydrogen (secondary N) is 3. The molecule has 0 saturated carbocycles. The van der Waals surface area contributed by atoms with Gasteiger partial charge in [0.05, 0.1) is 5.02 Å². The summed E-state index contributed by atoms with van der Waals surface area (Å²) in [6.07, 6.45) is -1.03. The molecule has 2 rings (SSSR count). The zero-order valence-corrected chi connectivity index (χ0v) is 18.4. The number of carbonyl (C=O) groups excluding carboxylic acids is 3. The summed E-state index contributed by atoms with van der Waals surface area (Å²) in [5.41, 5.74) is 7.18. The lowest BCUT2D eigenvalue weighted by Crippen LogP contribution is -2.47. The molecule has 160 valence electrons. The van der Waals surface area contributed by atoms with E-state index in [1.807, 2.05) is 32.0 Å². The number of rotatable bonds is 7. The van der Waals surface area contributed by atoms with Gasteiger partial charge in [-0.25, -0.2) is 0 Å². The molecule has 0 heterocycles. The van der Waals surface area contributed by atoms with Crippen LogP contribution in [-0.4, -0.2) is 23.8 Å². The first kappa shape index (κ1) is 23.5. The Bertz CT molecular complexity index is 950. The van der Waals surface area contributed by atoms with Crippen LogP contribution in [0.2, 0.25) is 10.0 Å². The van der Waals surface area contributed by atoms with Crippen LogP contribution < -0.4 is 20.9 Å².